The van der Waals surface area contributed by atoms with E-state index in [0.29, 0.717) is 16.8 Å². The summed E-state index contributed by atoms with van der Waals surface area (Å²) >= 11 is 3.64. The summed E-state index contributed by atoms with van der Waals surface area (Å²) in [6.07, 6.45) is 5.55. The minimum atomic E-state index is 0.454. The van der Waals surface area contributed by atoms with Gasteiger partial charge in [-0.3, -0.25) is 0 Å². The molecule has 0 radical (unpaired) electrons. The fourth-order valence-corrected chi connectivity index (χ4v) is 1.83. The molecule has 0 fully saturated rings. The van der Waals surface area contributed by atoms with Gasteiger partial charge in [0.05, 0.1) is 9.77 Å². The normalized spacial score (nSPS) is 10.5. The fraction of sp³-hybridized carbons (Fsp3) is 0.125. The summed E-state index contributed by atoms with van der Waals surface area (Å²) in [5.41, 5.74) is 5.67. The molecule has 0 unspecified atom stereocenters. The molecule has 0 aliphatic rings. The molecule has 0 saturated carbocycles. The van der Waals surface area contributed by atoms with Crippen LogP contribution >= 0.6 is 34.4 Å². The van der Waals surface area contributed by atoms with Crippen LogP contribution in [0.2, 0.25) is 0 Å². The number of halogens is 1. The zero-order valence-electron chi connectivity index (χ0n) is 7.88. The highest BCUT2D eigenvalue weighted by molar-refractivity contribution is 14.1. The van der Waals surface area contributed by atoms with Crippen molar-refractivity contribution in [1.29, 1.82) is 0 Å². The lowest BCUT2D eigenvalue weighted by molar-refractivity contribution is 0.810. The first kappa shape index (κ1) is 10.7. The highest BCUT2D eigenvalue weighted by Crippen LogP contribution is 2.15. The fourth-order valence-electron chi connectivity index (χ4n) is 1.07. The van der Waals surface area contributed by atoms with Crippen LogP contribution in [-0.2, 0) is 0 Å². The third kappa shape index (κ3) is 2.40. The van der Waals surface area contributed by atoms with E-state index in [-0.39, 0.29) is 0 Å². The standard InChI is InChI=1S/C8H8IN5S/c1-15-8-12-6(10)2-7(13-8)14-4-5(9)3-11-14/h2-4H,1H3,(H2,10,12,13). The summed E-state index contributed by atoms with van der Waals surface area (Å²) in [5.74, 6) is 1.14. The van der Waals surface area contributed by atoms with E-state index in [9.17, 15) is 0 Å². The van der Waals surface area contributed by atoms with E-state index < -0.39 is 0 Å². The van der Waals surface area contributed by atoms with Gasteiger partial charge in [0.15, 0.2) is 11.0 Å². The van der Waals surface area contributed by atoms with Crippen LogP contribution < -0.4 is 5.73 Å². The van der Waals surface area contributed by atoms with Crippen molar-refractivity contribution in [2.24, 2.45) is 0 Å². The van der Waals surface area contributed by atoms with Crippen LogP contribution in [0.5, 0.6) is 0 Å². The van der Waals surface area contributed by atoms with Crippen LogP contribution in [0.1, 0.15) is 0 Å². The van der Waals surface area contributed by atoms with E-state index in [4.69, 9.17) is 5.73 Å². The highest BCUT2D eigenvalue weighted by Gasteiger charge is 2.04. The number of thioether (sulfide) groups is 1. The van der Waals surface area contributed by atoms with Gasteiger partial charge in [-0.2, -0.15) is 5.10 Å². The minimum absolute atomic E-state index is 0.454. The number of nitrogens with zero attached hydrogens (tertiary/aromatic N) is 4. The van der Waals surface area contributed by atoms with Crippen LogP contribution in [0, 0.1) is 3.57 Å². The topological polar surface area (TPSA) is 69.6 Å². The smallest absolute Gasteiger partial charge is 0.191 e. The number of hydrogen-bond donors (Lipinski definition) is 1. The Balaban J connectivity index is 2.48. The summed E-state index contributed by atoms with van der Waals surface area (Å²) in [6, 6.07) is 1.70. The van der Waals surface area contributed by atoms with Crippen molar-refractivity contribution in [2.75, 3.05) is 12.0 Å². The molecule has 0 aliphatic carbocycles. The maximum absolute atomic E-state index is 5.67. The molecule has 0 saturated heterocycles. The molecule has 2 N–H and O–H groups in total. The Labute approximate surface area is 105 Å². The summed E-state index contributed by atoms with van der Waals surface area (Å²) in [6.45, 7) is 0. The molecule has 7 heteroatoms. The van der Waals surface area contributed by atoms with Gasteiger partial charge in [0.2, 0.25) is 0 Å². The van der Waals surface area contributed by atoms with Crippen molar-refractivity contribution in [1.82, 2.24) is 19.7 Å². The average Bonchev–Trinajstić information content (AvgIpc) is 2.64. The minimum Gasteiger partial charge on any atom is -0.383 e. The Bertz CT molecular complexity index is 484. The molecule has 0 aromatic carbocycles. The SMILES string of the molecule is CSc1nc(N)cc(-n2cc(I)cn2)n1. The lowest BCUT2D eigenvalue weighted by Crippen LogP contribution is -2.03. The average molecular weight is 333 g/mol. The van der Waals surface area contributed by atoms with Crippen LogP contribution in [0.4, 0.5) is 5.82 Å². The lowest BCUT2D eigenvalue weighted by atomic mass is 10.5. The Morgan fingerprint density at radius 1 is 1.47 bits per heavy atom. The zero-order valence-corrected chi connectivity index (χ0v) is 10.9. The predicted octanol–water partition coefficient (Wildman–Crippen LogP) is 1.57. The first-order valence-electron chi connectivity index (χ1n) is 4.08. The quantitative estimate of drug-likeness (QED) is 0.513. The van der Waals surface area contributed by atoms with E-state index in [1.807, 2.05) is 12.5 Å². The van der Waals surface area contributed by atoms with E-state index in [1.54, 1.807) is 16.9 Å². The van der Waals surface area contributed by atoms with E-state index in [0.717, 1.165) is 3.57 Å². The lowest BCUT2D eigenvalue weighted by Gasteiger charge is -2.03. The second-order valence-electron chi connectivity index (χ2n) is 2.74. The van der Waals surface area contributed by atoms with Gasteiger partial charge in [-0.15, -0.1) is 0 Å². The molecule has 0 amide bonds. The zero-order chi connectivity index (χ0) is 10.8. The van der Waals surface area contributed by atoms with E-state index in [1.165, 1.54) is 11.8 Å². The molecule has 2 aromatic heterocycles. The second kappa shape index (κ2) is 4.35. The number of anilines is 1. The Kier molecular flexibility index (Phi) is 3.10. The van der Waals surface area contributed by atoms with Crippen molar-refractivity contribution in [2.45, 2.75) is 5.16 Å². The second-order valence-corrected chi connectivity index (χ2v) is 4.76. The molecule has 0 atom stereocenters. The van der Waals surface area contributed by atoms with Gasteiger partial charge >= 0.3 is 0 Å². The third-order valence-corrected chi connectivity index (χ3v) is 2.79. The van der Waals surface area contributed by atoms with Crippen molar-refractivity contribution in [3.63, 3.8) is 0 Å². The Morgan fingerprint density at radius 2 is 2.27 bits per heavy atom. The summed E-state index contributed by atoms with van der Waals surface area (Å²) in [4.78, 5) is 8.38. The summed E-state index contributed by atoms with van der Waals surface area (Å²) in [7, 11) is 0. The molecule has 0 bridgehead atoms. The van der Waals surface area contributed by atoms with E-state index in [2.05, 4.69) is 37.7 Å². The van der Waals surface area contributed by atoms with Gasteiger partial charge in [-0.05, 0) is 28.8 Å². The Hall–Kier alpha value is -0.830. The molecular weight excluding hydrogens is 325 g/mol. The number of rotatable bonds is 2. The summed E-state index contributed by atoms with van der Waals surface area (Å²) < 4.78 is 2.73. The maximum atomic E-state index is 5.67. The van der Waals surface area contributed by atoms with Crippen molar-refractivity contribution in [3.8, 4) is 5.82 Å². The number of aromatic nitrogens is 4. The van der Waals surface area contributed by atoms with Crippen LogP contribution in [0.15, 0.2) is 23.6 Å². The largest absolute Gasteiger partial charge is 0.383 e. The molecule has 2 heterocycles. The van der Waals surface area contributed by atoms with Gasteiger partial charge in [0.25, 0.3) is 0 Å². The molecule has 15 heavy (non-hydrogen) atoms. The van der Waals surface area contributed by atoms with Gasteiger partial charge < -0.3 is 5.73 Å². The maximum Gasteiger partial charge on any atom is 0.191 e. The van der Waals surface area contributed by atoms with Crippen LogP contribution in [0.3, 0.4) is 0 Å². The van der Waals surface area contributed by atoms with Crippen LogP contribution in [0.25, 0.3) is 5.82 Å². The van der Waals surface area contributed by atoms with Gasteiger partial charge in [-0.1, -0.05) is 11.8 Å². The van der Waals surface area contributed by atoms with Crippen molar-refractivity contribution < 1.29 is 0 Å². The number of nitrogen functional groups attached to an aromatic ring is 1. The van der Waals surface area contributed by atoms with Gasteiger partial charge in [0.1, 0.15) is 5.82 Å². The predicted molar refractivity (Wildman–Crippen MR) is 68.1 cm³/mol. The first-order valence-corrected chi connectivity index (χ1v) is 6.38. The first-order chi connectivity index (χ1) is 7.19. The van der Waals surface area contributed by atoms with Gasteiger partial charge in [-0.25, -0.2) is 14.6 Å². The van der Waals surface area contributed by atoms with Gasteiger partial charge in [0, 0.05) is 12.3 Å². The Morgan fingerprint density at radius 3 is 2.87 bits per heavy atom. The number of hydrogen-bond acceptors (Lipinski definition) is 5. The molecule has 0 spiro atoms. The molecule has 78 valence electrons. The van der Waals surface area contributed by atoms with E-state index >= 15 is 0 Å². The number of nitrogens with two attached hydrogens (primary N) is 1. The summed E-state index contributed by atoms with van der Waals surface area (Å²) in [5, 5.41) is 4.81. The molecule has 5 nitrogen and oxygen atoms in total. The third-order valence-electron chi connectivity index (χ3n) is 1.68. The van der Waals surface area contributed by atoms with Crippen LogP contribution in [-0.4, -0.2) is 26.0 Å². The molecule has 2 aromatic rings. The van der Waals surface area contributed by atoms with Crippen molar-refractivity contribution >= 4 is 40.2 Å². The molecular formula is C8H8IN5S. The highest BCUT2D eigenvalue weighted by atomic mass is 127. The van der Waals surface area contributed by atoms with Crippen molar-refractivity contribution in [3.05, 3.63) is 22.0 Å². The monoisotopic (exact) mass is 333 g/mol. The molecule has 2 rings (SSSR count). The molecule has 0 aliphatic heterocycles.